The summed E-state index contributed by atoms with van der Waals surface area (Å²) >= 11 is 0. The Morgan fingerprint density at radius 2 is 1.95 bits per heavy atom. The van der Waals surface area contributed by atoms with Crippen molar-refractivity contribution in [1.82, 2.24) is 5.32 Å². The van der Waals surface area contributed by atoms with Gasteiger partial charge in [0.15, 0.2) is 0 Å². The first kappa shape index (κ1) is 14.3. The van der Waals surface area contributed by atoms with Crippen molar-refractivity contribution < 1.29 is 14.3 Å². The van der Waals surface area contributed by atoms with E-state index in [-0.39, 0.29) is 24.2 Å². The van der Waals surface area contributed by atoms with Crippen LogP contribution < -0.4 is 5.32 Å². The molecule has 0 spiro atoms. The number of carbonyl (C=O) groups is 2. The standard InChI is InChI=1S/C16H19NO3/c1-4-20-16(19)15-11(3)17-14(18)9-13(15)12-7-5-10(2)6-8-12/h5-8,13H,4,9H2,1-3H3,(H,17,18)/t13-/m1/s1. The van der Waals surface area contributed by atoms with Gasteiger partial charge >= 0.3 is 5.97 Å². The lowest BCUT2D eigenvalue weighted by Crippen LogP contribution is -2.34. The number of esters is 1. The van der Waals surface area contributed by atoms with Gasteiger partial charge in [-0.05, 0) is 26.3 Å². The van der Waals surface area contributed by atoms with E-state index < -0.39 is 0 Å². The Hall–Kier alpha value is -2.10. The Balaban J connectivity index is 2.41. The number of carbonyl (C=O) groups excluding carboxylic acids is 2. The quantitative estimate of drug-likeness (QED) is 0.861. The highest BCUT2D eigenvalue weighted by Crippen LogP contribution is 2.33. The molecular weight excluding hydrogens is 254 g/mol. The Bertz CT molecular complexity index is 558. The number of nitrogens with one attached hydrogen (secondary N) is 1. The maximum atomic E-state index is 12.1. The minimum Gasteiger partial charge on any atom is -0.463 e. The van der Waals surface area contributed by atoms with Crippen LogP contribution >= 0.6 is 0 Å². The van der Waals surface area contributed by atoms with Crippen molar-refractivity contribution in [2.45, 2.75) is 33.1 Å². The van der Waals surface area contributed by atoms with E-state index in [0.29, 0.717) is 17.9 Å². The molecule has 0 saturated carbocycles. The van der Waals surface area contributed by atoms with Crippen molar-refractivity contribution >= 4 is 11.9 Å². The molecule has 0 unspecified atom stereocenters. The maximum absolute atomic E-state index is 12.1. The zero-order valence-corrected chi connectivity index (χ0v) is 12.0. The third-order valence-corrected chi connectivity index (χ3v) is 3.44. The number of hydrogen-bond acceptors (Lipinski definition) is 3. The van der Waals surface area contributed by atoms with E-state index in [1.807, 2.05) is 31.2 Å². The van der Waals surface area contributed by atoms with Gasteiger partial charge in [-0.25, -0.2) is 4.79 Å². The fourth-order valence-corrected chi connectivity index (χ4v) is 2.46. The Morgan fingerprint density at radius 1 is 1.30 bits per heavy atom. The van der Waals surface area contributed by atoms with Crippen molar-refractivity contribution in [3.8, 4) is 0 Å². The molecule has 1 aromatic carbocycles. The molecule has 0 saturated heterocycles. The normalized spacial score (nSPS) is 18.8. The second kappa shape index (κ2) is 5.90. The van der Waals surface area contributed by atoms with Gasteiger partial charge in [-0.3, -0.25) is 4.79 Å². The zero-order valence-electron chi connectivity index (χ0n) is 12.0. The molecule has 0 fully saturated rings. The minimum absolute atomic E-state index is 0.0684. The molecule has 106 valence electrons. The predicted octanol–water partition coefficient (Wildman–Crippen LogP) is 2.44. The van der Waals surface area contributed by atoms with Crippen LogP contribution in [0.15, 0.2) is 35.5 Å². The molecule has 1 aliphatic heterocycles. The predicted molar refractivity (Wildman–Crippen MR) is 76.0 cm³/mol. The summed E-state index contributed by atoms with van der Waals surface area (Å²) in [6.45, 7) is 5.84. The summed E-state index contributed by atoms with van der Waals surface area (Å²) in [7, 11) is 0. The molecule has 20 heavy (non-hydrogen) atoms. The van der Waals surface area contributed by atoms with Crippen LogP contribution in [-0.2, 0) is 14.3 Å². The summed E-state index contributed by atoms with van der Waals surface area (Å²) in [6.07, 6.45) is 0.272. The van der Waals surface area contributed by atoms with E-state index in [2.05, 4.69) is 5.32 Å². The molecule has 1 heterocycles. The summed E-state index contributed by atoms with van der Waals surface area (Å²) < 4.78 is 5.11. The number of hydrogen-bond donors (Lipinski definition) is 1. The van der Waals surface area contributed by atoms with E-state index in [9.17, 15) is 9.59 Å². The van der Waals surface area contributed by atoms with Gasteiger partial charge in [0, 0.05) is 18.0 Å². The van der Waals surface area contributed by atoms with Crippen LogP contribution in [0, 0.1) is 6.92 Å². The van der Waals surface area contributed by atoms with Gasteiger partial charge < -0.3 is 10.1 Å². The molecule has 1 amide bonds. The number of amides is 1. The lowest BCUT2D eigenvalue weighted by atomic mass is 9.84. The van der Waals surface area contributed by atoms with Crippen molar-refractivity contribution in [2.24, 2.45) is 0 Å². The van der Waals surface area contributed by atoms with Gasteiger partial charge in [-0.2, -0.15) is 0 Å². The third-order valence-electron chi connectivity index (χ3n) is 3.44. The molecule has 0 radical (unpaired) electrons. The smallest absolute Gasteiger partial charge is 0.336 e. The van der Waals surface area contributed by atoms with Crippen LogP contribution in [0.1, 0.15) is 37.3 Å². The van der Waals surface area contributed by atoms with Crippen LogP contribution in [0.4, 0.5) is 0 Å². The SMILES string of the molecule is CCOC(=O)C1=C(C)NC(=O)C[C@@H]1c1ccc(C)cc1. The zero-order chi connectivity index (χ0) is 14.7. The summed E-state index contributed by atoms with van der Waals surface area (Å²) in [5.74, 6) is -0.653. The second-order valence-corrected chi connectivity index (χ2v) is 4.97. The molecular formula is C16H19NO3. The molecule has 0 aliphatic carbocycles. The highest BCUT2D eigenvalue weighted by molar-refractivity contribution is 5.95. The largest absolute Gasteiger partial charge is 0.463 e. The van der Waals surface area contributed by atoms with Gasteiger partial charge in [0.25, 0.3) is 0 Å². The van der Waals surface area contributed by atoms with E-state index in [1.54, 1.807) is 13.8 Å². The van der Waals surface area contributed by atoms with Crippen LogP contribution in [0.5, 0.6) is 0 Å². The molecule has 1 aromatic rings. The summed E-state index contributed by atoms with van der Waals surface area (Å²) in [4.78, 5) is 23.9. The molecule has 1 aliphatic rings. The molecule has 0 bridgehead atoms. The number of rotatable bonds is 3. The molecule has 1 atom stereocenters. The summed E-state index contributed by atoms with van der Waals surface area (Å²) in [6, 6.07) is 7.90. The van der Waals surface area contributed by atoms with Crippen molar-refractivity contribution in [1.29, 1.82) is 0 Å². The number of ether oxygens (including phenoxy) is 1. The lowest BCUT2D eigenvalue weighted by Gasteiger charge is -2.26. The van der Waals surface area contributed by atoms with Crippen molar-refractivity contribution in [2.75, 3.05) is 6.61 Å². The van der Waals surface area contributed by atoms with E-state index in [0.717, 1.165) is 11.1 Å². The lowest BCUT2D eigenvalue weighted by molar-refractivity contribution is -0.139. The Morgan fingerprint density at radius 3 is 2.55 bits per heavy atom. The fourth-order valence-electron chi connectivity index (χ4n) is 2.46. The van der Waals surface area contributed by atoms with Gasteiger partial charge in [0.1, 0.15) is 0 Å². The molecule has 2 rings (SSSR count). The molecule has 1 N–H and O–H groups in total. The summed E-state index contributed by atoms with van der Waals surface area (Å²) in [5.41, 5.74) is 3.25. The third kappa shape index (κ3) is 2.90. The average molecular weight is 273 g/mol. The van der Waals surface area contributed by atoms with Crippen molar-refractivity contribution in [3.05, 3.63) is 46.7 Å². The maximum Gasteiger partial charge on any atom is 0.336 e. The van der Waals surface area contributed by atoms with E-state index >= 15 is 0 Å². The number of benzene rings is 1. The first-order valence-corrected chi connectivity index (χ1v) is 6.77. The van der Waals surface area contributed by atoms with Gasteiger partial charge in [0.05, 0.1) is 12.2 Å². The van der Waals surface area contributed by atoms with Gasteiger partial charge in [-0.1, -0.05) is 29.8 Å². The van der Waals surface area contributed by atoms with Crippen LogP contribution in [0.3, 0.4) is 0 Å². The highest BCUT2D eigenvalue weighted by atomic mass is 16.5. The Kier molecular flexibility index (Phi) is 4.23. The van der Waals surface area contributed by atoms with Gasteiger partial charge in [0.2, 0.25) is 5.91 Å². The molecule has 0 aromatic heterocycles. The summed E-state index contributed by atoms with van der Waals surface area (Å²) in [5, 5.41) is 2.72. The van der Waals surface area contributed by atoms with Crippen LogP contribution in [0.25, 0.3) is 0 Å². The molecule has 4 heteroatoms. The average Bonchev–Trinajstić information content (AvgIpc) is 2.38. The topological polar surface area (TPSA) is 55.4 Å². The monoisotopic (exact) mass is 273 g/mol. The molecule has 4 nitrogen and oxygen atoms in total. The first-order valence-electron chi connectivity index (χ1n) is 6.77. The Labute approximate surface area is 118 Å². The number of aryl methyl sites for hydroxylation is 1. The number of allylic oxidation sites excluding steroid dienone is 1. The van der Waals surface area contributed by atoms with E-state index in [4.69, 9.17) is 4.74 Å². The highest BCUT2D eigenvalue weighted by Gasteiger charge is 2.32. The second-order valence-electron chi connectivity index (χ2n) is 4.97. The van der Waals surface area contributed by atoms with Crippen LogP contribution in [0.2, 0.25) is 0 Å². The fraction of sp³-hybridized carbons (Fsp3) is 0.375. The minimum atomic E-state index is -0.351. The van der Waals surface area contributed by atoms with Gasteiger partial charge in [-0.15, -0.1) is 0 Å². The van der Waals surface area contributed by atoms with Crippen molar-refractivity contribution in [3.63, 3.8) is 0 Å². The van der Waals surface area contributed by atoms with E-state index in [1.165, 1.54) is 0 Å². The van der Waals surface area contributed by atoms with Crippen LogP contribution in [-0.4, -0.2) is 18.5 Å². The first-order chi connectivity index (χ1) is 9.52.